The van der Waals surface area contributed by atoms with E-state index in [1.165, 1.54) is 52.2 Å². The molecule has 0 unspecified atom stereocenters. The second kappa shape index (κ2) is 12.0. The standard InChI is InChI=1S/C49H31NOS2/c1-2-13-33(14-3-1)50(34-27-25-32(26-28-34)36-16-12-17-38-37-15-4-9-22-45(37)53-48(36)38)35-29-30-44-42(31-35)49(39-18-5-8-21-43(39)51-44)40-19-6-10-23-46(40)52-47-24-11-7-20-41(47)49/h1-31H. The largest absolute Gasteiger partial charge is 0.457 e. The Kier molecular flexibility index (Phi) is 6.91. The predicted octanol–water partition coefficient (Wildman–Crippen LogP) is 14.1. The van der Waals surface area contributed by atoms with Crippen LogP contribution in [0.25, 0.3) is 31.3 Å². The van der Waals surface area contributed by atoms with Crippen molar-refractivity contribution in [2.24, 2.45) is 0 Å². The molecule has 0 saturated heterocycles. The van der Waals surface area contributed by atoms with E-state index in [1.807, 2.05) is 23.1 Å². The number of anilines is 3. The van der Waals surface area contributed by atoms with Gasteiger partial charge in [-0.1, -0.05) is 133 Å². The van der Waals surface area contributed by atoms with Crippen LogP contribution in [0.15, 0.2) is 198 Å². The summed E-state index contributed by atoms with van der Waals surface area (Å²) in [5.74, 6) is 1.78. The van der Waals surface area contributed by atoms with Gasteiger partial charge in [0.2, 0.25) is 0 Å². The van der Waals surface area contributed by atoms with Gasteiger partial charge in [0.1, 0.15) is 11.5 Å². The number of rotatable bonds is 4. The fraction of sp³-hybridized carbons (Fsp3) is 0.0204. The van der Waals surface area contributed by atoms with Gasteiger partial charge in [-0.2, -0.15) is 0 Å². The van der Waals surface area contributed by atoms with E-state index in [4.69, 9.17) is 4.74 Å². The first-order valence-corrected chi connectivity index (χ1v) is 19.6. The average molecular weight is 714 g/mol. The van der Waals surface area contributed by atoms with E-state index in [0.29, 0.717) is 0 Å². The molecular weight excluding hydrogens is 683 g/mol. The van der Waals surface area contributed by atoms with Crippen molar-refractivity contribution in [3.63, 3.8) is 0 Å². The zero-order valence-electron chi connectivity index (χ0n) is 28.6. The van der Waals surface area contributed by atoms with Crippen LogP contribution in [0, 0.1) is 0 Å². The Bertz CT molecular complexity index is 2750. The third-order valence-corrected chi connectivity index (χ3v) is 13.2. The first-order chi connectivity index (χ1) is 26.3. The molecule has 0 radical (unpaired) electrons. The van der Waals surface area contributed by atoms with Crippen molar-refractivity contribution in [3.8, 4) is 22.6 Å². The zero-order chi connectivity index (χ0) is 34.9. The third kappa shape index (κ3) is 4.59. The number of nitrogens with zero attached hydrogens (tertiary/aromatic N) is 1. The molecule has 53 heavy (non-hydrogen) atoms. The lowest BCUT2D eigenvalue weighted by atomic mass is 9.63. The second-order valence-electron chi connectivity index (χ2n) is 13.6. The molecule has 2 nitrogen and oxygen atoms in total. The molecule has 250 valence electrons. The highest BCUT2D eigenvalue weighted by Crippen LogP contribution is 2.62. The van der Waals surface area contributed by atoms with Gasteiger partial charge in [-0.05, 0) is 89.0 Å². The van der Waals surface area contributed by atoms with Gasteiger partial charge in [-0.15, -0.1) is 11.3 Å². The van der Waals surface area contributed by atoms with Gasteiger partial charge in [0.15, 0.2) is 0 Å². The number of thiophene rings is 1. The summed E-state index contributed by atoms with van der Waals surface area (Å²) in [6.07, 6.45) is 0. The monoisotopic (exact) mass is 713 g/mol. The van der Waals surface area contributed by atoms with Crippen LogP contribution in [0.5, 0.6) is 11.5 Å². The van der Waals surface area contributed by atoms with E-state index in [9.17, 15) is 0 Å². The third-order valence-electron chi connectivity index (χ3n) is 10.8. The van der Waals surface area contributed by atoms with Crippen molar-refractivity contribution in [1.82, 2.24) is 0 Å². The van der Waals surface area contributed by atoms with Crippen LogP contribution in [-0.2, 0) is 5.41 Å². The predicted molar refractivity (Wildman–Crippen MR) is 222 cm³/mol. The number of hydrogen-bond acceptors (Lipinski definition) is 4. The number of ether oxygens (including phenoxy) is 1. The van der Waals surface area contributed by atoms with Crippen LogP contribution in [0.2, 0.25) is 0 Å². The fourth-order valence-corrected chi connectivity index (χ4v) is 11.0. The Morgan fingerprint density at radius 1 is 0.434 bits per heavy atom. The van der Waals surface area contributed by atoms with Gasteiger partial charge >= 0.3 is 0 Å². The van der Waals surface area contributed by atoms with Crippen molar-refractivity contribution in [2.75, 3.05) is 4.90 Å². The van der Waals surface area contributed by atoms with Crippen LogP contribution < -0.4 is 9.64 Å². The minimum Gasteiger partial charge on any atom is -0.457 e. The van der Waals surface area contributed by atoms with Crippen molar-refractivity contribution in [2.45, 2.75) is 15.2 Å². The quantitative estimate of drug-likeness (QED) is 0.180. The van der Waals surface area contributed by atoms with Gasteiger partial charge in [-0.25, -0.2) is 0 Å². The Hall–Kier alpha value is -6.07. The molecule has 9 aromatic rings. The van der Waals surface area contributed by atoms with Gasteiger partial charge in [-0.3, -0.25) is 0 Å². The molecule has 0 fully saturated rings. The minimum absolute atomic E-state index is 0.562. The number of hydrogen-bond donors (Lipinski definition) is 0. The normalized spacial score (nSPS) is 13.5. The molecule has 0 aliphatic carbocycles. The molecule has 2 aliphatic rings. The minimum atomic E-state index is -0.562. The maximum Gasteiger partial charge on any atom is 0.132 e. The van der Waals surface area contributed by atoms with Gasteiger partial charge < -0.3 is 9.64 Å². The van der Waals surface area contributed by atoms with Crippen molar-refractivity contribution in [3.05, 3.63) is 210 Å². The van der Waals surface area contributed by atoms with Crippen molar-refractivity contribution in [1.29, 1.82) is 0 Å². The summed E-state index contributed by atoms with van der Waals surface area (Å²) in [6.45, 7) is 0. The molecule has 0 bridgehead atoms. The van der Waals surface area contributed by atoms with Crippen LogP contribution >= 0.6 is 23.1 Å². The lowest BCUT2D eigenvalue weighted by Crippen LogP contribution is -2.36. The topological polar surface area (TPSA) is 12.5 Å². The molecule has 0 saturated carbocycles. The van der Waals surface area contributed by atoms with Crippen LogP contribution in [0.4, 0.5) is 17.1 Å². The van der Waals surface area contributed by atoms with Crippen LogP contribution in [0.3, 0.4) is 0 Å². The van der Waals surface area contributed by atoms with Gasteiger partial charge in [0, 0.05) is 58.2 Å². The summed E-state index contributed by atoms with van der Waals surface area (Å²) in [4.78, 5) is 4.90. The van der Waals surface area contributed by atoms with Gasteiger partial charge in [0.25, 0.3) is 0 Å². The lowest BCUT2D eigenvalue weighted by molar-refractivity contribution is 0.431. The molecule has 1 spiro atoms. The number of benzene rings is 8. The summed E-state index contributed by atoms with van der Waals surface area (Å²) in [5.41, 5.74) is 10.0. The highest BCUT2D eigenvalue weighted by atomic mass is 32.2. The summed E-state index contributed by atoms with van der Waals surface area (Å²) in [6, 6.07) is 68.2. The summed E-state index contributed by atoms with van der Waals surface area (Å²) in [5, 5.41) is 2.63. The van der Waals surface area contributed by atoms with Crippen molar-refractivity contribution >= 4 is 60.3 Å². The molecule has 4 heteroatoms. The molecule has 3 heterocycles. The first-order valence-electron chi connectivity index (χ1n) is 17.9. The Labute approximate surface area is 316 Å². The van der Waals surface area contributed by atoms with Crippen molar-refractivity contribution < 1.29 is 4.74 Å². The second-order valence-corrected chi connectivity index (χ2v) is 15.8. The first kappa shape index (κ1) is 30.5. The summed E-state index contributed by atoms with van der Waals surface area (Å²) < 4.78 is 9.43. The summed E-state index contributed by atoms with van der Waals surface area (Å²) >= 11 is 3.73. The molecule has 0 amide bonds. The molecule has 1 aromatic heterocycles. The molecular formula is C49H31NOS2. The lowest BCUT2D eigenvalue weighted by Gasteiger charge is -2.45. The molecule has 2 aliphatic heterocycles. The van der Waals surface area contributed by atoms with Crippen LogP contribution in [-0.4, -0.2) is 0 Å². The molecule has 11 rings (SSSR count). The Morgan fingerprint density at radius 3 is 1.83 bits per heavy atom. The average Bonchev–Trinajstić information content (AvgIpc) is 3.61. The van der Waals surface area contributed by atoms with E-state index in [-0.39, 0.29) is 0 Å². The van der Waals surface area contributed by atoms with E-state index < -0.39 is 5.41 Å². The maximum absolute atomic E-state index is 6.78. The zero-order valence-corrected chi connectivity index (χ0v) is 30.2. The summed E-state index contributed by atoms with van der Waals surface area (Å²) in [7, 11) is 0. The highest BCUT2D eigenvalue weighted by molar-refractivity contribution is 7.99. The number of para-hydroxylation sites is 2. The SMILES string of the molecule is c1ccc(N(c2ccc(-c3cccc4c3sc3ccccc34)cc2)c2ccc3c(c2)C2(c4ccccc4O3)c3ccccc3Sc3ccccc32)cc1. The van der Waals surface area contributed by atoms with Gasteiger partial charge in [0.05, 0.1) is 5.41 Å². The Morgan fingerprint density at radius 2 is 1.04 bits per heavy atom. The van der Waals surface area contributed by atoms with E-state index >= 15 is 0 Å². The van der Waals surface area contributed by atoms with E-state index in [1.54, 1.807) is 0 Å². The number of fused-ring (bicyclic) bond motifs is 11. The Balaban J connectivity index is 1.11. The molecule has 8 aromatic carbocycles. The molecule has 0 atom stereocenters. The van der Waals surface area contributed by atoms with Crippen LogP contribution in [0.1, 0.15) is 22.3 Å². The van der Waals surface area contributed by atoms with E-state index in [2.05, 4.69) is 193 Å². The smallest absolute Gasteiger partial charge is 0.132 e. The highest BCUT2D eigenvalue weighted by Gasteiger charge is 2.49. The van der Waals surface area contributed by atoms with E-state index in [0.717, 1.165) is 39.7 Å². The molecule has 0 N–H and O–H groups in total. The fourth-order valence-electron chi connectivity index (χ4n) is 8.53. The maximum atomic E-state index is 6.78.